The summed E-state index contributed by atoms with van der Waals surface area (Å²) in [5.74, 6) is 7.49. The Labute approximate surface area is 129 Å². The molecule has 1 saturated heterocycles. The zero-order valence-corrected chi connectivity index (χ0v) is 12.7. The lowest BCUT2D eigenvalue weighted by Gasteiger charge is -2.25. The Morgan fingerprint density at radius 3 is 3.00 bits per heavy atom. The molecule has 1 amide bonds. The Kier molecular flexibility index (Phi) is 6.54. The predicted molar refractivity (Wildman–Crippen MR) is 84.3 cm³/mol. The van der Waals surface area contributed by atoms with E-state index in [-0.39, 0.29) is 12.5 Å². The molecule has 2 N–H and O–H groups in total. The number of hydrogen-bond acceptors (Lipinski definition) is 5. The highest BCUT2D eigenvalue weighted by Crippen LogP contribution is 2.08. The van der Waals surface area contributed by atoms with Crippen LogP contribution in [0.2, 0.25) is 0 Å². The molecule has 1 aliphatic rings. The summed E-state index contributed by atoms with van der Waals surface area (Å²) in [5, 5.41) is 11.6. The molecule has 0 aliphatic carbocycles. The molecular weight excluding hydrogens is 286 g/mol. The third-order valence-electron chi connectivity index (χ3n) is 3.13. The first-order valence-corrected chi connectivity index (χ1v) is 8.08. The third kappa shape index (κ3) is 5.38. The van der Waals surface area contributed by atoms with E-state index in [4.69, 9.17) is 5.11 Å². The van der Waals surface area contributed by atoms with Crippen molar-refractivity contribution in [2.75, 3.05) is 44.3 Å². The Bertz CT molecular complexity index is 533. The van der Waals surface area contributed by atoms with Crippen LogP contribution in [0.15, 0.2) is 18.5 Å². The molecule has 0 radical (unpaired) electrons. The van der Waals surface area contributed by atoms with Gasteiger partial charge in [0.25, 0.3) is 5.91 Å². The van der Waals surface area contributed by atoms with Crippen LogP contribution in [0, 0.1) is 11.8 Å². The normalized spacial score (nSPS) is 15.1. The number of nitrogens with zero attached hydrogens (tertiary/aromatic N) is 2. The third-order valence-corrected chi connectivity index (χ3v) is 4.07. The summed E-state index contributed by atoms with van der Waals surface area (Å²) in [6, 6.07) is 1.68. The average molecular weight is 305 g/mol. The Morgan fingerprint density at radius 2 is 2.24 bits per heavy atom. The SMILES string of the molecule is O=C(NCCN1CCSCC1)c1cncc(C#CCO)c1. The molecule has 0 bridgehead atoms. The van der Waals surface area contributed by atoms with Gasteiger partial charge >= 0.3 is 0 Å². The van der Waals surface area contributed by atoms with E-state index in [9.17, 15) is 4.79 Å². The first-order chi connectivity index (χ1) is 10.3. The van der Waals surface area contributed by atoms with Gasteiger partial charge in [0, 0.05) is 55.6 Å². The molecule has 0 spiro atoms. The van der Waals surface area contributed by atoms with Crippen molar-refractivity contribution < 1.29 is 9.90 Å². The van der Waals surface area contributed by atoms with Gasteiger partial charge in [-0.05, 0) is 6.07 Å². The Hall–Kier alpha value is -1.55. The minimum atomic E-state index is -0.204. The fourth-order valence-corrected chi connectivity index (χ4v) is 3.01. The number of aliphatic hydroxyl groups excluding tert-OH is 1. The fraction of sp³-hybridized carbons (Fsp3) is 0.467. The van der Waals surface area contributed by atoms with Gasteiger partial charge < -0.3 is 10.4 Å². The largest absolute Gasteiger partial charge is 0.384 e. The zero-order chi connectivity index (χ0) is 14.9. The average Bonchev–Trinajstić information content (AvgIpc) is 2.54. The molecule has 1 fully saturated rings. The molecular formula is C15H19N3O2S. The molecule has 0 atom stereocenters. The van der Waals surface area contributed by atoms with Crippen LogP contribution in [0.5, 0.6) is 0 Å². The van der Waals surface area contributed by atoms with E-state index in [1.807, 2.05) is 11.8 Å². The highest BCUT2D eigenvalue weighted by atomic mass is 32.2. The van der Waals surface area contributed by atoms with E-state index in [0.29, 0.717) is 17.7 Å². The number of nitrogens with one attached hydrogen (secondary N) is 1. The van der Waals surface area contributed by atoms with Crippen molar-refractivity contribution in [3.63, 3.8) is 0 Å². The first-order valence-electron chi connectivity index (χ1n) is 6.92. The van der Waals surface area contributed by atoms with Gasteiger partial charge in [-0.2, -0.15) is 11.8 Å². The quantitative estimate of drug-likeness (QED) is 0.778. The van der Waals surface area contributed by atoms with Crippen molar-refractivity contribution in [3.8, 4) is 11.8 Å². The van der Waals surface area contributed by atoms with Crippen LogP contribution in [0.3, 0.4) is 0 Å². The summed E-state index contributed by atoms with van der Waals surface area (Å²) in [6.45, 7) is 3.49. The second-order valence-electron chi connectivity index (χ2n) is 4.63. The Morgan fingerprint density at radius 1 is 1.43 bits per heavy atom. The van der Waals surface area contributed by atoms with Gasteiger partial charge in [-0.25, -0.2) is 0 Å². The summed E-state index contributed by atoms with van der Waals surface area (Å²) in [7, 11) is 0. The molecule has 0 saturated carbocycles. The minimum Gasteiger partial charge on any atom is -0.384 e. The topological polar surface area (TPSA) is 65.5 Å². The minimum absolute atomic E-state index is 0.137. The summed E-state index contributed by atoms with van der Waals surface area (Å²) in [6.07, 6.45) is 3.10. The molecule has 5 nitrogen and oxygen atoms in total. The van der Waals surface area contributed by atoms with Crippen molar-refractivity contribution in [1.82, 2.24) is 15.2 Å². The number of aromatic nitrogens is 1. The van der Waals surface area contributed by atoms with Crippen LogP contribution in [-0.2, 0) is 0 Å². The standard InChI is InChI=1S/C15H19N3O2S/c19-7-1-2-13-10-14(12-16-11-13)15(20)17-3-4-18-5-8-21-9-6-18/h10-12,19H,3-9H2,(H,17,20). The number of carbonyl (C=O) groups is 1. The van der Waals surface area contributed by atoms with Crippen molar-refractivity contribution in [2.45, 2.75) is 0 Å². The van der Waals surface area contributed by atoms with Gasteiger partial charge in [0.2, 0.25) is 0 Å². The number of amides is 1. The highest BCUT2D eigenvalue weighted by Gasteiger charge is 2.11. The van der Waals surface area contributed by atoms with Crippen molar-refractivity contribution >= 4 is 17.7 Å². The van der Waals surface area contributed by atoms with Crippen LogP contribution >= 0.6 is 11.8 Å². The van der Waals surface area contributed by atoms with E-state index in [0.717, 1.165) is 19.6 Å². The molecule has 21 heavy (non-hydrogen) atoms. The van der Waals surface area contributed by atoms with Crippen LogP contribution < -0.4 is 5.32 Å². The fourth-order valence-electron chi connectivity index (χ4n) is 2.03. The van der Waals surface area contributed by atoms with Crippen LogP contribution in [0.1, 0.15) is 15.9 Å². The maximum Gasteiger partial charge on any atom is 0.252 e. The molecule has 1 aliphatic heterocycles. The molecule has 2 heterocycles. The lowest BCUT2D eigenvalue weighted by molar-refractivity contribution is 0.0948. The van der Waals surface area contributed by atoms with E-state index in [1.54, 1.807) is 12.3 Å². The van der Waals surface area contributed by atoms with E-state index >= 15 is 0 Å². The van der Waals surface area contributed by atoms with Gasteiger partial charge in [-0.3, -0.25) is 14.7 Å². The van der Waals surface area contributed by atoms with Gasteiger partial charge in [-0.1, -0.05) is 11.8 Å². The molecule has 112 valence electrons. The molecule has 1 aromatic heterocycles. The molecule has 0 aromatic carbocycles. The number of thioether (sulfide) groups is 1. The molecule has 1 aromatic rings. The monoisotopic (exact) mass is 305 g/mol. The molecule has 6 heteroatoms. The summed E-state index contributed by atoms with van der Waals surface area (Å²) < 4.78 is 0. The second-order valence-corrected chi connectivity index (χ2v) is 5.86. The highest BCUT2D eigenvalue weighted by molar-refractivity contribution is 7.99. The molecule has 0 unspecified atom stereocenters. The van der Waals surface area contributed by atoms with Gasteiger partial charge in [0.1, 0.15) is 6.61 Å². The van der Waals surface area contributed by atoms with Crippen LogP contribution in [-0.4, -0.2) is 65.2 Å². The van der Waals surface area contributed by atoms with Gasteiger partial charge in [0.15, 0.2) is 0 Å². The van der Waals surface area contributed by atoms with Gasteiger partial charge in [-0.15, -0.1) is 0 Å². The van der Waals surface area contributed by atoms with Crippen molar-refractivity contribution in [2.24, 2.45) is 0 Å². The van der Waals surface area contributed by atoms with Crippen molar-refractivity contribution in [3.05, 3.63) is 29.6 Å². The summed E-state index contributed by atoms with van der Waals surface area (Å²) in [5.41, 5.74) is 1.12. The van der Waals surface area contributed by atoms with E-state index < -0.39 is 0 Å². The number of carbonyl (C=O) groups excluding carboxylic acids is 1. The summed E-state index contributed by atoms with van der Waals surface area (Å²) in [4.78, 5) is 18.4. The summed E-state index contributed by atoms with van der Waals surface area (Å²) >= 11 is 1.98. The van der Waals surface area contributed by atoms with Crippen molar-refractivity contribution in [1.29, 1.82) is 0 Å². The van der Waals surface area contributed by atoms with E-state index in [1.165, 1.54) is 17.7 Å². The Balaban J connectivity index is 1.82. The maximum absolute atomic E-state index is 12.0. The predicted octanol–water partition coefficient (Wildman–Crippen LogP) is 0.204. The lowest BCUT2D eigenvalue weighted by atomic mass is 10.2. The number of rotatable bonds is 4. The number of pyridine rings is 1. The number of aliphatic hydroxyl groups is 1. The van der Waals surface area contributed by atoms with Crippen LogP contribution in [0.25, 0.3) is 0 Å². The smallest absolute Gasteiger partial charge is 0.252 e. The number of hydrogen-bond donors (Lipinski definition) is 2. The molecule has 2 rings (SSSR count). The zero-order valence-electron chi connectivity index (χ0n) is 11.8. The van der Waals surface area contributed by atoms with E-state index in [2.05, 4.69) is 27.0 Å². The first kappa shape index (κ1) is 15.8. The van der Waals surface area contributed by atoms with Gasteiger partial charge in [0.05, 0.1) is 5.56 Å². The maximum atomic E-state index is 12.0. The second kappa shape index (κ2) is 8.67. The lowest BCUT2D eigenvalue weighted by Crippen LogP contribution is -2.39. The van der Waals surface area contributed by atoms with Crippen LogP contribution in [0.4, 0.5) is 0 Å².